The molecule has 0 saturated carbocycles. The third-order valence-electron chi connectivity index (χ3n) is 2.28. The Morgan fingerprint density at radius 3 is 2.47 bits per heavy atom. The van der Waals surface area contributed by atoms with E-state index in [2.05, 4.69) is 38.2 Å². The SMILES string of the molecule is CC(C)=CCC/C(C)=C/CNC(C)CO. The Kier molecular flexibility index (Phi) is 8.34. The van der Waals surface area contributed by atoms with E-state index in [1.165, 1.54) is 11.1 Å². The van der Waals surface area contributed by atoms with Crippen molar-refractivity contribution in [2.45, 2.75) is 46.6 Å². The van der Waals surface area contributed by atoms with Crippen LogP contribution in [0.5, 0.6) is 0 Å². The molecule has 0 amide bonds. The van der Waals surface area contributed by atoms with Crippen LogP contribution in [0.25, 0.3) is 0 Å². The van der Waals surface area contributed by atoms with E-state index in [-0.39, 0.29) is 12.6 Å². The van der Waals surface area contributed by atoms with Crippen LogP contribution in [-0.4, -0.2) is 24.3 Å². The molecule has 1 unspecified atom stereocenters. The molecule has 2 N–H and O–H groups in total. The summed E-state index contributed by atoms with van der Waals surface area (Å²) in [5.74, 6) is 0. The maximum Gasteiger partial charge on any atom is 0.0582 e. The first-order chi connectivity index (χ1) is 7.06. The first-order valence-electron chi connectivity index (χ1n) is 5.69. The van der Waals surface area contributed by atoms with Gasteiger partial charge in [0.05, 0.1) is 6.61 Å². The van der Waals surface area contributed by atoms with Crippen molar-refractivity contribution < 1.29 is 5.11 Å². The first kappa shape index (κ1) is 14.4. The summed E-state index contributed by atoms with van der Waals surface area (Å²) >= 11 is 0. The molecule has 0 bridgehead atoms. The Hall–Kier alpha value is -0.600. The lowest BCUT2D eigenvalue weighted by atomic mass is 10.1. The maximum atomic E-state index is 8.81. The summed E-state index contributed by atoms with van der Waals surface area (Å²) in [4.78, 5) is 0. The van der Waals surface area contributed by atoms with Gasteiger partial charge in [-0.15, -0.1) is 0 Å². The largest absolute Gasteiger partial charge is 0.395 e. The molecule has 0 heterocycles. The minimum absolute atomic E-state index is 0.187. The Balaban J connectivity index is 3.65. The Labute approximate surface area is 94.1 Å². The molecule has 0 aliphatic rings. The van der Waals surface area contributed by atoms with Crippen LogP contribution in [0.3, 0.4) is 0 Å². The van der Waals surface area contributed by atoms with Crippen molar-refractivity contribution in [3.05, 3.63) is 23.3 Å². The summed E-state index contributed by atoms with van der Waals surface area (Å²) in [6, 6.07) is 0.187. The number of aliphatic hydroxyl groups is 1. The van der Waals surface area contributed by atoms with Crippen LogP contribution in [0.15, 0.2) is 23.3 Å². The van der Waals surface area contributed by atoms with Crippen molar-refractivity contribution in [1.82, 2.24) is 5.32 Å². The van der Waals surface area contributed by atoms with Crippen LogP contribution in [0.2, 0.25) is 0 Å². The highest BCUT2D eigenvalue weighted by molar-refractivity contribution is 5.02. The molecule has 0 rings (SSSR count). The lowest BCUT2D eigenvalue weighted by molar-refractivity contribution is 0.255. The summed E-state index contributed by atoms with van der Waals surface area (Å²) in [6.45, 7) is 9.44. The Morgan fingerprint density at radius 2 is 1.93 bits per heavy atom. The second kappa shape index (κ2) is 8.69. The fourth-order valence-electron chi connectivity index (χ4n) is 1.19. The Bertz CT molecular complexity index is 215. The zero-order chi connectivity index (χ0) is 11.7. The van der Waals surface area contributed by atoms with E-state index >= 15 is 0 Å². The normalized spacial score (nSPS) is 13.8. The molecule has 0 radical (unpaired) electrons. The highest BCUT2D eigenvalue weighted by Crippen LogP contribution is 2.05. The van der Waals surface area contributed by atoms with Gasteiger partial charge in [0.25, 0.3) is 0 Å². The molecule has 0 aliphatic carbocycles. The van der Waals surface area contributed by atoms with Gasteiger partial charge in [-0.2, -0.15) is 0 Å². The number of nitrogens with one attached hydrogen (secondary N) is 1. The van der Waals surface area contributed by atoms with E-state index in [9.17, 15) is 0 Å². The molecule has 2 heteroatoms. The van der Waals surface area contributed by atoms with Gasteiger partial charge in [0, 0.05) is 12.6 Å². The number of allylic oxidation sites excluding steroid dienone is 3. The minimum atomic E-state index is 0.187. The maximum absolute atomic E-state index is 8.81. The molecule has 15 heavy (non-hydrogen) atoms. The van der Waals surface area contributed by atoms with Crippen molar-refractivity contribution in [3.8, 4) is 0 Å². The van der Waals surface area contributed by atoms with Gasteiger partial charge in [-0.25, -0.2) is 0 Å². The smallest absolute Gasteiger partial charge is 0.0582 e. The van der Waals surface area contributed by atoms with Gasteiger partial charge in [0.1, 0.15) is 0 Å². The zero-order valence-corrected chi connectivity index (χ0v) is 10.5. The van der Waals surface area contributed by atoms with Crippen LogP contribution in [0, 0.1) is 0 Å². The van der Waals surface area contributed by atoms with Crippen LogP contribution in [0.1, 0.15) is 40.5 Å². The van der Waals surface area contributed by atoms with Crippen molar-refractivity contribution in [3.63, 3.8) is 0 Å². The zero-order valence-electron chi connectivity index (χ0n) is 10.5. The third-order valence-corrected chi connectivity index (χ3v) is 2.28. The van der Waals surface area contributed by atoms with Crippen LogP contribution in [0.4, 0.5) is 0 Å². The fourth-order valence-corrected chi connectivity index (χ4v) is 1.19. The molecular formula is C13H25NO. The van der Waals surface area contributed by atoms with Gasteiger partial charge in [-0.3, -0.25) is 0 Å². The quantitative estimate of drug-likeness (QED) is 0.635. The summed E-state index contributed by atoms with van der Waals surface area (Å²) in [6.07, 6.45) is 6.71. The van der Waals surface area contributed by atoms with Gasteiger partial charge < -0.3 is 10.4 Å². The molecule has 0 aromatic carbocycles. The molecular weight excluding hydrogens is 186 g/mol. The number of hydrogen-bond donors (Lipinski definition) is 2. The number of rotatable bonds is 7. The summed E-state index contributed by atoms with van der Waals surface area (Å²) in [5, 5.41) is 12.0. The molecule has 0 aliphatic heterocycles. The number of aliphatic hydroxyl groups excluding tert-OH is 1. The summed E-state index contributed by atoms with van der Waals surface area (Å²) in [7, 11) is 0. The van der Waals surface area contributed by atoms with Crippen LogP contribution < -0.4 is 5.32 Å². The average molecular weight is 211 g/mol. The third kappa shape index (κ3) is 9.70. The average Bonchev–Trinajstić information content (AvgIpc) is 2.17. The number of hydrogen-bond acceptors (Lipinski definition) is 2. The highest BCUT2D eigenvalue weighted by Gasteiger charge is 1.95. The topological polar surface area (TPSA) is 32.3 Å². The standard InChI is InChI=1S/C13H25NO/c1-11(2)6-5-7-12(3)8-9-14-13(4)10-15/h6,8,13-15H,5,7,9-10H2,1-4H3/b12-8+. The van der Waals surface area contributed by atoms with Crippen molar-refractivity contribution in [1.29, 1.82) is 0 Å². The van der Waals surface area contributed by atoms with E-state index in [0.717, 1.165) is 19.4 Å². The van der Waals surface area contributed by atoms with Crippen LogP contribution in [-0.2, 0) is 0 Å². The molecule has 0 saturated heterocycles. The molecule has 0 aromatic rings. The molecule has 1 atom stereocenters. The minimum Gasteiger partial charge on any atom is -0.395 e. The van der Waals surface area contributed by atoms with Gasteiger partial charge in [-0.1, -0.05) is 23.3 Å². The van der Waals surface area contributed by atoms with Gasteiger partial charge in [0.15, 0.2) is 0 Å². The van der Waals surface area contributed by atoms with E-state index in [1.54, 1.807) is 0 Å². The molecule has 0 spiro atoms. The summed E-state index contributed by atoms with van der Waals surface area (Å²) in [5.41, 5.74) is 2.79. The van der Waals surface area contributed by atoms with Gasteiger partial charge >= 0.3 is 0 Å². The van der Waals surface area contributed by atoms with Crippen molar-refractivity contribution in [2.75, 3.05) is 13.2 Å². The lowest BCUT2D eigenvalue weighted by Crippen LogP contribution is -2.29. The van der Waals surface area contributed by atoms with Gasteiger partial charge in [-0.05, 0) is 40.5 Å². The van der Waals surface area contributed by atoms with Crippen molar-refractivity contribution >= 4 is 0 Å². The van der Waals surface area contributed by atoms with E-state index < -0.39 is 0 Å². The van der Waals surface area contributed by atoms with E-state index in [0.29, 0.717) is 0 Å². The second-order valence-corrected chi connectivity index (χ2v) is 4.36. The second-order valence-electron chi connectivity index (χ2n) is 4.36. The molecule has 88 valence electrons. The van der Waals surface area contributed by atoms with E-state index in [1.807, 2.05) is 6.92 Å². The van der Waals surface area contributed by atoms with Crippen LogP contribution >= 0.6 is 0 Å². The summed E-state index contributed by atoms with van der Waals surface area (Å²) < 4.78 is 0. The monoisotopic (exact) mass is 211 g/mol. The highest BCUT2D eigenvalue weighted by atomic mass is 16.3. The Morgan fingerprint density at radius 1 is 1.27 bits per heavy atom. The molecule has 2 nitrogen and oxygen atoms in total. The van der Waals surface area contributed by atoms with Crippen molar-refractivity contribution in [2.24, 2.45) is 0 Å². The van der Waals surface area contributed by atoms with Gasteiger partial charge in [0.2, 0.25) is 0 Å². The lowest BCUT2D eigenvalue weighted by Gasteiger charge is -2.08. The molecule has 0 fully saturated rings. The fraction of sp³-hybridized carbons (Fsp3) is 0.692. The predicted molar refractivity (Wildman–Crippen MR) is 67.0 cm³/mol. The van der Waals surface area contributed by atoms with E-state index in [4.69, 9.17) is 5.11 Å². The predicted octanol–water partition coefficient (Wildman–Crippen LogP) is 2.65. The molecule has 0 aromatic heterocycles. The first-order valence-corrected chi connectivity index (χ1v) is 5.69.